The van der Waals surface area contributed by atoms with Gasteiger partial charge in [0, 0.05) is 11.5 Å². The van der Waals surface area contributed by atoms with Gasteiger partial charge in [0.15, 0.2) is 0 Å². The predicted octanol–water partition coefficient (Wildman–Crippen LogP) is 4.95. The van der Waals surface area contributed by atoms with E-state index in [4.69, 9.17) is 17.1 Å². The molecule has 0 N–H and O–H groups in total. The molecule has 0 saturated heterocycles. The molecular weight excluding hydrogens is 283 g/mol. The van der Waals surface area contributed by atoms with Crippen molar-refractivity contribution in [2.45, 2.75) is 12.8 Å². The lowest BCUT2D eigenvalue weighted by atomic mass is 10.2. The van der Waals surface area contributed by atoms with Gasteiger partial charge in [-0.15, -0.1) is 13.2 Å². The number of hydrogen-bond donors (Lipinski definition) is 0. The number of nitrogens with zero attached hydrogens (tertiary/aromatic N) is 3. The van der Waals surface area contributed by atoms with Crippen LogP contribution in [0.4, 0.5) is 13.2 Å². The zero-order chi connectivity index (χ0) is 14.3. The predicted molar refractivity (Wildman–Crippen MR) is 65.8 cm³/mol. The van der Waals surface area contributed by atoms with E-state index in [9.17, 15) is 13.2 Å². The van der Waals surface area contributed by atoms with Crippen molar-refractivity contribution in [3.8, 4) is 5.75 Å². The van der Waals surface area contributed by atoms with Gasteiger partial charge in [0.2, 0.25) is 0 Å². The van der Waals surface area contributed by atoms with Crippen LogP contribution in [0.25, 0.3) is 16.5 Å². The maximum Gasteiger partial charge on any atom is 0.573 e. The fourth-order valence-electron chi connectivity index (χ4n) is 1.23. The Hall–Kier alpha value is -1.85. The summed E-state index contributed by atoms with van der Waals surface area (Å²) >= 11 is 5.82. The van der Waals surface area contributed by atoms with Gasteiger partial charge < -0.3 is 4.74 Å². The Morgan fingerprint density at radius 2 is 2.16 bits per heavy atom. The molecule has 1 rings (SSSR count). The van der Waals surface area contributed by atoms with Gasteiger partial charge in [-0.05, 0) is 35.7 Å². The number of halogens is 4. The molecule has 0 heterocycles. The maximum absolute atomic E-state index is 12.0. The van der Waals surface area contributed by atoms with Crippen LogP contribution in [0.15, 0.2) is 29.4 Å². The van der Waals surface area contributed by atoms with Gasteiger partial charge >= 0.3 is 6.36 Å². The van der Waals surface area contributed by atoms with Crippen LogP contribution in [0.3, 0.4) is 0 Å². The Morgan fingerprint density at radius 3 is 2.74 bits per heavy atom. The number of alkyl halides is 3. The summed E-state index contributed by atoms with van der Waals surface area (Å²) in [5.74, 6) is -0.372. The summed E-state index contributed by atoms with van der Waals surface area (Å²) in [5, 5.41) is 3.47. The highest BCUT2D eigenvalue weighted by Crippen LogP contribution is 2.28. The van der Waals surface area contributed by atoms with E-state index in [-0.39, 0.29) is 10.8 Å². The fourth-order valence-corrected chi connectivity index (χ4v) is 1.46. The van der Waals surface area contributed by atoms with Crippen LogP contribution in [-0.4, -0.2) is 12.9 Å². The first kappa shape index (κ1) is 15.2. The molecule has 4 nitrogen and oxygen atoms in total. The highest BCUT2D eigenvalue weighted by molar-refractivity contribution is 6.32. The Labute approximate surface area is 112 Å². The number of rotatable bonds is 5. The topological polar surface area (TPSA) is 58.0 Å². The summed E-state index contributed by atoms with van der Waals surface area (Å²) in [5.41, 5.74) is 8.61. The first-order valence-electron chi connectivity index (χ1n) is 5.15. The highest BCUT2D eigenvalue weighted by Gasteiger charge is 2.31. The smallest absolute Gasteiger partial charge is 0.406 e. The van der Waals surface area contributed by atoms with Crippen molar-refractivity contribution in [1.82, 2.24) is 0 Å². The van der Waals surface area contributed by atoms with Gasteiger partial charge in [0.25, 0.3) is 0 Å². The summed E-state index contributed by atoms with van der Waals surface area (Å²) in [6, 6.07) is 3.67. The molecular formula is C11H9ClF3N3O. The second kappa shape index (κ2) is 6.92. The third kappa shape index (κ3) is 6.03. The fraction of sp³-hybridized carbons (Fsp3) is 0.273. The van der Waals surface area contributed by atoms with Crippen LogP contribution in [-0.2, 0) is 0 Å². The molecule has 19 heavy (non-hydrogen) atoms. The van der Waals surface area contributed by atoms with Crippen molar-refractivity contribution in [2.24, 2.45) is 5.11 Å². The number of benzene rings is 1. The average molecular weight is 292 g/mol. The Kier molecular flexibility index (Phi) is 5.54. The van der Waals surface area contributed by atoms with Crippen LogP contribution < -0.4 is 4.74 Å². The second-order valence-corrected chi connectivity index (χ2v) is 3.78. The van der Waals surface area contributed by atoms with E-state index < -0.39 is 6.36 Å². The van der Waals surface area contributed by atoms with Gasteiger partial charge in [0.1, 0.15) is 5.75 Å². The molecule has 1 aromatic carbocycles. The van der Waals surface area contributed by atoms with Gasteiger partial charge in [-0.1, -0.05) is 28.9 Å². The summed E-state index contributed by atoms with van der Waals surface area (Å²) < 4.78 is 39.7. The number of hydrogen-bond acceptors (Lipinski definition) is 2. The molecule has 0 atom stereocenters. The first-order valence-corrected chi connectivity index (χ1v) is 5.53. The van der Waals surface area contributed by atoms with Crippen molar-refractivity contribution in [2.75, 3.05) is 6.54 Å². The molecule has 0 aliphatic carbocycles. The molecule has 0 amide bonds. The zero-order valence-electron chi connectivity index (χ0n) is 9.56. The standard InChI is InChI=1S/C11H9ClF3N3O/c12-10-7-9(19-11(13,14)15)5-4-8(10)3-1-2-6-17-18-16/h1,3-5,7H,2,6H2. The van der Waals surface area contributed by atoms with Gasteiger partial charge in [-0.2, -0.15) is 0 Å². The molecule has 0 fully saturated rings. The largest absolute Gasteiger partial charge is 0.573 e. The molecule has 1 aromatic rings. The van der Waals surface area contributed by atoms with Gasteiger partial charge in [-0.3, -0.25) is 0 Å². The molecule has 0 unspecified atom stereocenters. The molecule has 8 heteroatoms. The van der Waals surface area contributed by atoms with Crippen LogP contribution in [0.5, 0.6) is 5.75 Å². The van der Waals surface area contributed by atoms with E-state index in [1.807, 2.05) is 0 Å². The average Bonchev–Trinajstić information content (AvgIpc) is 2.29. The molecule has 0 aliphatic rings. The minimum absolute atomic E-state index is 0.141. The number of ether oxygens (including phenoxy) is 1. The van der Waals surface area contributed by atoms with Crippen molar-refractivity contribution < 1.29 is 17.9 Å². The van der Waals surface area contributed by atoms with Crippen molar-refractivity contribution in [3.63, 3.8) is 0 Å². The van der Waals surface area contributed by atoms with E-state index in [1.165, 1.54) is 12.1 Å². The Balaban J connectivity index is 2.69. The van der Waals surface area contributed by atoms with Crippen LogP contribution in [0.2, 0.25) is 5.02 Å². The van der Waals surface area contributed by atoms with Crippen LogP contribution >= 0.6 is 11.6 Å². The highest BCUT2D eigenvalue weighted by atomic mass is 35.5. The third-order valence-corrected chi connectivity index (χ3v) is 2.29. The second-order valence-electron chi connectivity index (χ2n) is 3.38. The van der Waals surface area contributed by atoms with Gasteiger partial charge in [-0.25, -0.2) is 0 Å². The van der Waals surface area contributed by atoms with E-state index in [0.717, 1.165) is 6.07 Å². The molecule has 102 valence electrons. The lowest BCUT2D eigenvalue weighted by Gasteiger charge is -2.09. The first-order chi connectivity index (χ1) is 8.92. The lowest BCUT2D eigenvalue weighted by Crippen LogP contribution is -2.17. The summed E-state index contributed by atoms with van der Waals surface area (Å²) in [6.45, 7) is 0.305. The Morgan fingerprint density at radius 1 is 1.42 bits per heavy atom. The van der Waals surface area contributed by atoms with Crippen LogP contribution in [0.1, 0.15) is 12.0 Å². The zero-order valence-corrected chi connectivity index (χ0v) is 10.3. The van der Waals surface area contributed by atoms with E-state index in [1.54, 1.807) is 12.2 Å². The normalized spacial score (nSPS) is 11.4. The third-order valence-electron chi connectivity index (χ3n) is 1.96. The van der Waals surface area contributed by atoms with Gasteiger partial charge in [0.05, 0.1) is 5.02 Å². The molecule has 0 aliphatic heterocycles. The monoisotopic (exact) mass is 291 g/mol. The lowest BCUT2D eigenvalue weighted by molar-refractivity contribution is -0.274. The van der Waals surface area contributed by atoms with E-state index in [2.05, 4.69) is 14.8 Å². The maximum atomic E-state index is 12.0. The summed E-state index contributed by atoms with van der Waals surface area (Å²) in [7, 11) is 0. The van der Waals surface area contributed by atoms with E-state index in [0.29, 0.717) is 18.5 Å². The quantitative estimate of drug-likeness (QED) is 0.327. The van der Waals surface area contributed by atoms with Crippen molar-refractivity contribution in [3.05, 3.63) is 45.3 Å². The van der Waals surface area contributed by atoms with Crippen molar-refractivity contribution in [1.29, 1.82) is 0 Å². The SMILES string of the molecule is [N-]=[N+]=NCCC=Cc1ccc(OC(F)(F)F)cc1Cl. The minimum atomic E-state index is -4.74. The molecule has 0 spiro atoms. The molecule has 0 saturated carbocycles. The molecule has 0 radical (unpaired) electrons. The Bertz CT molecular complexity index is 510. The minimum Gasteiger partial charge on any atom is -0.406 e. The summed E-state index contributed by atoms with van der Waals surface area (Å²) in [6.07, 6.45) is -0.885. The molecule has 0 aromatic heterocycles. The van der Waals surface area contributed by atoms with E-state index >= 15 is 0 Å². The molecule has 0 bridgehead atoms. The number of azide groups is 1. The van der Waals surface area contributed by atoms with Crippen LogP contribution in [0, 0.1) is 0 Å². The summed E-state index contributed by atoms with van der Waals surface area (Å²) in [4.78, 5) is 2.59. The van der Waals surface area contributed by atoms with Crippen molar-refractivity contribution >= 4 is 17.7 Å².